The van der Waals surface area contributed by atoms with Crippen LogP contribution in [0.15, 0.2) is 78.4 Å². The summed E-state index contributed by atoms with van der Waals surface area (Å²) in [6.07, 6.45) is 0.862. The van der Waals surface area contributed by atoms with Crippen LogP contribution < -0.4 is 14.5 Å². The Morgan fingerprint density at radius 2 is 1.54 bits per heavy atom. The molecule has 4 rings (SSSR count). The number of aliphatic hydroxyl groups excluding tert-OH is 1. The molecule has 35 heavy (non-hydrogen) atoms. The van der Waals surface area contributed by atoms with Crippen LogP contribution in [-0.2, 0) is 16.0 Å². The number of ether oxygens (including phenoxy) is 1. The van der Waals surface area contributed by atoms with Gasteiger partial charge in [-0.1, -0.05) is 43.3 Å². The van der Waals surface area contributed by atoms with Crippen molar-refractivity contribution in [3.8, 4) is 5.75 Å². The normalized spacial score (nSPS) is 17.0. The number of benzene rings is 3. The van der Waals surface area contributed by atoms with E-state index < -0.39 is 17.7 Å². The first kappa shape index (κ1) is 24.1. The van der Waals surface area contributed by atoms with Gasteiger partial charge in [0.2, 0.25) is 0 Å². The van der Waals surface area contributed by atoms with Gasteiger partial charge in [-0.25, -0.2) is 0 Å². The fraction of sp³-hybridized carbons (Fsp3) is 0.241. The summed E-state index contributed by atoms with van der Waals surface area (Å²) < 4.78 is 5.53. The Bertz CT molecular complexity index is 1240. The second-order valence-electron chi connectivity index (χ2n) is 8.63. The van der Waals surface area contributed by atoms with E-state index in [1.54, 1.807) is 36.4 Å². The lowest BCUT2D eigenvalue weighted by atomic mass is 9.94. The van der Waals surface area contributed by atoms with E-state index in [0.29, 0.717) is 23.6 Å². The summed E-state index contributed by atoms with van der Waals surface area (Å²) in [6.45, 7) is 4.48. The first-order valence-electron chi connectivity index (χ1n) is 11.8. The number of aliphatic hydroxyl groups is 1. The van der Waals surface area contributed by atoms with Crippen LogP contribution in [0, 0.1) is 0 Å². The smallest absolute Gasteiger partial charge is 0.300 e. The predicted octanol–water partition coefficient (Wildman–Crippen LogP) is 5.34. The van der Waals surface area contributed by atoms with Crippen molar-refractivity contribution < 1.29 is 19.4 Å². The van der Waals surface area contributed by atoms with Crippen LogP contribution in [0.3, 0.4) is 0 Å². The summed E-state index contributed by atoms with van der Waals surface area (Å²) in [5.41, 5.74) is 3.97. The fourth-order valence-corrected chi connectivity index (χ4v) is 4.29. The van der Waals surface area contributed by atoms with Crippen molar-refractivity contribution in [2.45, 2.75) is 26.3 Å². The molecule has 1 heterocycles. The van der Waals surface area contributed by atoms with E-state index in [1.807, 2.05) is 62.3 Å². The number of hydrogen-bond donors (Lipinski definition) is 1. The zero-order chi connectivity index (χ0) is 25.1. The molecule has 1 saturated heterocycles. The third kappa shape index (κ3) is 4.64. The average Bonchev–Trinajstić information content (AvgIpc) is 3.14. The molecule has 3 aromatic carbocycles. The van der Waals surface area contributed by atoms with Gasteiger partial charge in [-0.15, -0.1) is 0 Å². The molecule has 0 spiro atoms. The maximum atomic E-state index is 13.3. The first-order chi connectivity index (χ1) is 16.8. The van der Waals surface area contributed by atoms with Crippen molar-refractivity contribution in [1.29, 1.82) is 0 Å². The summed E-state index contributed by atoms with van der Waals surface area (Å²) in [4.78, 5) is 30.1. The van der Waals surface area contributed by atoms with Crippen LogP contribution in [0.1, 0.15) is 36.6 Å². The highest BCUT2D eigenvalue weighted by atomic mass is 16.5. The predicted molar refractivity (Wildman–Crippen MR) is 139 cm³/mol. The molecule has 6 nitrogen and oxygen atoms in total. The molecule has 3 aromatic rings. The minimum atomic E-state index is -0.769. The number of nitrogens with zero attached hydrogens (tertiary/aromatic N) is 2. The molecule has 0 aliphatic carbocycles. The third-order valence-corrected chi connectivity index (χ3v) is 6.23. The topological polar surface area (TPSA) is 70.1 Å². The van der Waals surface area contributed by atoms with Crippen molar-refractivity contribution in [3.05, 3.63) is 95.1 Å². The molecule has 0 radical (unpaired) electrons. The molecule has 1 aliphatic heterocycles. The van der Waals surface area contributed by atoms with E-state index >= 15 is 0 Å². The van der Waals surface area contributed by atoms with Crippen LogP contribution in [-0.4, -0.2) is 37.5 Å². The second kappa shape index (κ2) is 10.1. The number of aryl methyl sites for hydroxylation is 1. The van der Waals surface area contributed by atoms with E-state index in [4.69, 9.17) is 4.74 Å². The molecule has 0 aromatic heterocycles. The number of amides is 1. The highest BCUT2D eigenvalue weighted by Gasteiger charge is 2.47. The zero-order valence-electron chi connectivity index (χ0n) is 20.5. The molecule has 6 heteroatoms. The highest BCUT2D eigenvalue weighted by molar-refractivity contribution is 6.51. The van der Waals surface area contributed by atoms with Crippen LogP contribution in [0.5, 0.6) is 5.75 Å². The number of hydrogen-bond acceptors (Lipinski definition) is 5. The van der Waals surface area contributed by atoms with Gasteiger partial charge in [0, 0.05) is 31.0 Å². The Morgan fingerprint density at radius 3 is 2.09 bits per heavy atom. The molecular formula is C29H30N2O4. The van der Waals surface area contributed by atoms with Crippen LogP contribution in [0.25, 0.3) is 5.76 Å². The number of carbonyl (C=O) groups excluding carboxylic acids is 2. The van der Waals surface area contributed by atoms with Crippen molar-refractivity contribution in [3.63, 3.8) is 0 Å². The fourth-order valence-electron chi connectivity index (χ4n) is 4.29. The molecule has 180 valence electrons. The first-order valence-corrected chi connectivity index (χ1v) is 11.8. The number of carbonyl (C=O) groups is 2. The molecule has 1 unspecified atom stereocenters. The Morgan fingerprint density at radius 1 is 0.914 bits per heavy atom. The lowest BCUT2D eigenvalue weighted by Gasteiger charge is -2.26. The van der Waals surface area contributed by atoms with Gasteiger partial charge in [-0.05, 0) is 60.9 Å². The van der Waals surface area contributed by atoms with Gasteiger partial charge < -0.3 is 14.7 Å². The van der Waals surface area contributed by atoms with Gasteiger partial charge >= 0.3 is 0 Å². The lowest BCUT2D eigenvalue weighted by molar-refractivity contribution is -0.132. The summed E-state index contributed by atoms with van der Waals surface area (Å²) in [5, 5.41) is 11.3. The maximum Gasteiger partial charge on any atom is 0.300 e. The van der Waals surface area contributed by atoms with Gasteiger partial charge in [0.15, 0.2) is 0 Å². The number of anilines is 2. The monoisotopic (exact) mass is 470 g/mol. The van der Waals surface area contributed by atoms with Crippen LogP contribution in [0.2, 0.25) is 0 Å². The second-order valence-corrected chi connectivity index (χ2v) is 8.63. The molecular weight excluding hydrogens is 440 g/mol. The molecule has 1 N–H and O–H groups in total. The minimum Gasteiger partial charge on any atom is -0.507 e. The Kier molecular flexibility index (Phi) is 6.92. The van der Waals surface area contributed by atoms with Crippen molar-refractivity contribution >= 4 is 28.8 Å². The van der Waals surface area contributed by atoms with Gasteiger partial charge in [-0.3, -0.25) is 14.5 Å². The molecule has 0 saturated carbocycles. The van der Waals surface area contributed by atoms with Crippen molar-refractivity contribution in [2.75, 3.05) is 30.5 Å². The number of rotatable bonds is 7. The van der Waals surface area contributed by atoms with E-state index in [1.165, 1.54) is 4.90 Å². The van der Waals surface area contributed by atoms with E-state index in [2.05, 4.69) is 6.92 Å². The minimum absolute atomic E-state index is 0.0748. The molecule has 1 atom stereocenters. The Balaban J connectivity index is 1.86. The average molecular weight is 471 g/mol. The SMILES string of the molecule is CCOc1ccc(N2C(=O)C(=O)/C(=C(\O)c3ccc(CC)cc3)C2c2ccc(N(C)C)cc2)cc1. The zero-order valence-corrected chi connectivity index (χ0v) is 20.5. The number of Topliss-reactive ketones (excluding diaryl/α,β-unsaturated/α-hetero) is 1. The Hall–Kier alpha value is -4.06. The molecule has 1 aliphatic rings. The van der Waals surface area contributed by atoms with Crippen LogP contribution >= 0.6 is 0 Å². The van der Waals surface area contributed by atoms with Gasteiger partial charge in [0.1, 0.15) is 11.5 Å². The number of ketones is 1. The van der Waals surface area contributed by atoms with Gasteiger partial charge in [0.25, 0.3) is 11.7 Å². The molecule has 0 bridgehead atoms. The third-order valence-electron chi connectivity index (χ3n) is 6.23. The van der Waals surface area contributed by atoms with Crippen molar-refractivity contribution in [1.82, 2.24) is 0 Å². The standard InChI is InChI=1S/C29H30N2O4/c1-5-19-7-9-21(10-8-19)27(32)25-26(20-11-13-22(14-12-20)30(3)4)31(29(34)28(25)33)23-15-17-24(18-16-23)35-6-2/h7-18,26,32H,5-6H2,1-4H3/b27-25-. The van der Waals surface area contributed by atoms with Crippen molar-refractivity contribution in [2.24, 2.45) is 0 Å². The summed E-state index contributed by atoms with van der Waals surface area (Å²) in [7, 11) is 3.89. The highest BCUT2D eigenvalue weighted by Crippen LogP contribution is 2.42. The Labute approximate surface area is 206 Å². The van der Waals surface area contributed by atoms with E-state index in [9.17, 15) is 14.7 Å². The summed E-state index contributed by atoms with van der Waals surface area (Å²) in [6, 6.07) is 21.3. The van der Waals surface area contributed by atoms with Crippen LogP contribution in [0.4, 0.5) is 11.4 Å². The quantitative estimate of drug-likeness (QED) is 0.287. The molecule has 1 amide bonds. The van der Waals surface area contributed by atoms with Gasteiger partial charge in [-0.2, -0.15) is 0 Å². The van der Waals surface area contributed by atoms with Gasteiger partial charge in [0.05, 0.1) is 18.2 Å². The summed E-state index contributed by atoms with van der Waals surface area (Å²) >= 11 is 0. The van der Waals surface area contributed by atoms with E-state index in [0.717, 1.165) is 23.2 Å². The molecule has 1 fully saturated rings. The van der Waals surface area contributed by atoms with E-state index in [-0.39, 0.29) is 11.3 Å². The largest absolute Gasteiger partial charge is 0.507 e. The lowest BCUT2D eigenvalue weighted by Crippen LogP contribution is -2.29. The maximum absolute atomic E-state index is 13.3. The summed E-state index contributed by atoms with van der Waals surface area (Å²) in [5.74, 6) is -0.892.